The molecular weight excluding hydrogens is 443 g/mol. The van der Waals surface area contributed by atoms with E-state index in [-0.39, 0.29) is 35.9 Å². The van der Waals surface area contributed by atoms with Crippen LogP contribution in [0, 0.1) is 12.8 Å². The molecule has 0 amide bonds. The van der Waals surface area contributed by atoms with Gasteiger partial charge in [0, 0.05) is 38.6 Å². The van der Waals surface area contributed by atoms with E-state index in [0.717, 1.165) is 51.4 Å². The topological polar surface area (TPSA) is 66.8 Å². The van der Waals surface area contributed by atoms with Crippen LogP contribution in [-0.2, 0) is 16.0 Å². The highest BCUT2D eigenvalue weighted by atomic mass is 127. The van der Waals surface area contributed by atoms with Gasteiger partial charge in [-0.15, -0.1) is 24.0 Å². The number of likely N-dealkylation sites (tertiary alicyclic amines) is 1. The minimum Gasteiger partial charge on any atom is -0.466 e. The maximum atomic E-state index is 11.9. The molecule has 7 heteroatoms. The van der Waals surface area contributed by atoms with Gasteiger partial charge in [0.25, 0.3) is 0 Å². The van der Waals surface area contributed by atoms with Gasteiger partial charge >= 0.3 is 5.97 Å². The lowest BCUT2D eigenvalue weighted by atomic mass is 9.97. The smallest absolute Gasteiger partial charge is 0.309 e. The van der Waals surface area contributed by atoms with Gasteiger partial charge in [-0.05, 0) is 57.2 Å². The molecule has 0 spiro atoms. The van der Waals surface area contributed by atoms with Gasteiger partial charge in [0.2, 0.25) is 0 Å². The molecule has 0 aliphatic carbocycles. The van der Waals surface area contributed by atoms with Gasteiger partial charge in [0.15, 0.2) is 5.96 Å². The van der Waals surface area contributed by atoms with Crippen molar-refractivity contribution in [3.8, 4) is 0 Å². The first-order valence-corrected chi connectivity index (χ1v) is 9.25. The highest BCUT2D eigenvalue weighted by Gasteiger charge is 2.27. The fourth-order valence-corrected chi connectivity index (χ4v) is 3.08. The van der Waals surface area contributed by atoms with E-state index in [1.807, 2.05) is 19.3 Å². The molecule has 1 saturated heterocycles. The fraction of sp³-hybridized carbons (Fsp3) is 0.632. The Kier molecular flexibility index (Phi) is 10.5. The van der Waals surface area contributed by atoms with Crippen LogP contribution in [0.5, 0.6) is 0 Å². The van der Waals surface area contributed by atoms with Gasteiger partial charge in [0.1, 0.15) is 0 Å². The number of nitrogens with one attached hydrogen (secondary N) is 1. The first-order chi connectivity index (χ1) is 12.2. The second-order valence-electron chi connectivity index (χ2n) is 6.30. The second kappa shape index (κ2) is 12.1. The molecule has 1 aliphatic rings. The average molecular weight is 474 g/mol. The van der Waals surface area contributed by atoms with Crippen molar-refractivity contribution in [3.05, 3.63) is 29.6 Å². The summed E-state index contributed by atoms with van der Waals surface area (Å²) < 4.78 is 5.14. The van der Waals surface area contributed by atoms with Crippen molar-refractivity contribution in [2.24, 2.45) is 10.9 Å². The van der Waals surface area contributed by atoms with Crippen molar-refractivity contribution < 1.29 is 9.53 Å². The van der Waals surface area contributed by atoms with E-state index in [0.29, 0.717) is 6.61 Å². The summed E-state index contributed by atoms with van der Waals surface area (Å²) in [4.78, 5) is 23.0. The van der Waals surface area contributed by atoms with Gasteiger partial charge in [-0.2, -0.15) is 0 Å². The Bertz CT molecular complexity index is 587. The van der Waals surface area contributed by atoms with E-state index >= 15 is 0 Å². The zero-order chi connectivity index (χ0) is 18.1. The molecule has 0 atom stereocenters. The molecule has 1 N–H and O–H groups in total. The Morgan fingerprint density at radius 1 is 1.38 bits per heavy atom. The number of aliphatic imine (C=N–C) groups is 1. The van der Waals surface area contributed by atoms with E-state index < -0.39 is 0 Å². The first-order valence-electron chi connectivity index (χ1n) is 9.25. The molecule has 0 saturated carbocycles. The third kappa shape index (κ3) is 6.74. The van der Waals surface area contributed by atoms with Gasteiger partial charge in [-0.1, -0.05) is 0 Å². The summed E-state index contributed by atoms with van der Waals surface area (Å²) >= 11 is 0. The lowest BCUT2D eigenvalue weighted by Crippen LogP contribution is -2.46. The number of esters is 1. The van der Waals surface area contributed by atoms with Crippen LogP contribution in [0.1, 0.15) is 37.8 Å². The number of aromatic nitrogens is 1. The third-order valence-corrected chi connectivity index (χ3v) is 4.53. The molecule has 2 heterocycles. The average Bonchev–Trinajstić information content (AvgIpc) is 2.63. The minimum atomic E-state index is -0.0581. The Labute approximate surface area is 173 Å². The highest BCUT2D eigenvalue weighted by molar-refractivity contribution is 14.0. The number of rotatable bonds is 6. The molecule has 6 nitrogen and oxygen atoms in total. The summed E-state index contributed by atoms with van der Waals surface area (Å²) in [5.74, 6) is 0.910. The van der Waals surface area contributed by atoms with Crippen LogP contribution in [0.4, 0.5) is 0 Å². The number of guanidine groups is 1. The monoisotopic (exact) mass is 474 g/mol. The number of hydrogen-bond donors (Lipinski definition) is 1. The largest absolute Gasteiger partial charge is 0.466 e. The number of hydrogen-bond acceptors (Lipinski definition) is 4. The molecule has 1 aromatic heterocycles. The Morgan fingerprint density at radius 3 is 2.73 bits per heavy atom. The van der Waals surface area contributed by atoms with Gasteiger partial charge < -0.3 is 15.0 Å². The fourth-order valence-electron chi connectivity index (χ4n) is 3.08. The molecule has 26 heavy (non-hydrogen) atoms. The maximum absolute atomic E-state index is 11.9. The van der Waals surface area contributed by atoms with Crippen LogP contribution < -0.4 is 5.32 Å². The van der Waals surface area contributed by atoms with Crippen LogP contribution >= 0.6 is 24.0 Å². The maximum Gasteiger partial charge on any atom is 0.309 e. The zero-order valence-electron chi connectivity index (χ0n) is 16.0. The summed E-state index contributed by atoms with van der Waals surface area (Å²) in [6.45, 7) is 9.72. The number of carbonyl (C=O) groups is 1. The molecule has 0 radical (unpaired) electrons. The van der Waals surface area contributed by atoms with Crippen LogP contribution in [-0.4, -0.2) is 54.6 Å². The van der Waals surface area contributed by atoms with Crippen molar-refractivity contribution in [2.45, 2.75) is 40.0 Å². The van der Waals surface area contributed by atoms with Crippen molar-refractivity contribution in [1.29, 1.82) is 0 Å². The van der Waals surface area contributed by atoms with Crippen LogP contribution in [0.25, 0.3) is 0 Å². The van der Waals surface area contributed by atoms with Crippen molar-refractivity contribution in [1.82, 2.24) is 15.2 Å². The molecule has 0 aromatic carbocycles. The molecule has 1 fully saturated rings. The standard InChI is InChI=1S/C19H30N4O2.HI/c1-4-21-19(22-11-7-16-6-10-20-14-15(16)3)23-12-8-17(9-13-23)18(24)25-5-2;/h6,10,14,17H,4-5,7-9,11-13H2,1-3H3,(H,21,22);1H. The lowest BCUT2D eigenvalue weighted by Gasteiger charge is -2.33. The van der Waals surface area contributed by atoms with Crippen LogP contribution in [0.15, 0.2) is 23.5 Å². The second-order valence-corrected chi connectivity index (χ2v) is 6.30. The molecule has 0 unspecified atom stereocenters. The van der Waals surface area contributed by atoms with Crippen molar-refractivity contribution in [2.75, 3.05) is 32.8 Å². The summed E-state index contributed by atoms with van der Waals surface area (Å²) in [7, 11) is 0. The van der Waals surface area contributed by atoms with Crippen molar-refractivity contribution in [3.63, 3.8) is 0 Å². The number of carbonyl (C=O) groups excluding carboxylic acids is 1. The molecule has 0 bridgehead atoms. The first kappa shape index (κ1) is 22.7. The third-order valence-electron chi connectivity index (χ3n) is 4.53. The molecule has 2 rings (SSSR count). The van der Waals surface area contributed by atoms with E-state index in [2.05, 4.69) is 35.1 Å². The predicted octanol–water partition coefficient (Wildman–Crippen LogP) is 2.79. The summed E-state index contributed by atoms with van der Waals surface area (Å²) in [6.07, 6.45) is 6.28. The van der Waals surface area contributed by atoms with E-state index in [9.17, 15) is 4.79 Å². The Balaban J connectivity index is 0.00000338. The quantitative estimate of drug-likeness (QED) is 0.297. The summed E-state index contributed by atoms with van der Waals surface area (Å²) in [5, 5.41) is 3.37. The van der Waals surface area contributed by atoms with Gasteiger partial charge in [-0.25, -0.2) is 0 Å². The van der Waals surface area contributed by atoms with E-state index in [1.165, 1.54) is 11.1 Å². The predicted molar refractivity (Wildman–Crippen MR) is 115 cm³/mol. The molecule has 1 aliphatic heterocycles. The lowest BCUT2D eigenvalue weighted by molar-refractivity contribution is -0.149. The highest BCUT2D eigenvalue weighted by Crippen LogP contribution is 2.18. The Morgan fingerprint density at radius 2 is 2.12 bits per heavy atom. The number of halogens is 1. The SMILES string of the molecule is CCNC(=NCCc1ccncc1C)N1CCC(C(=O)OCC)CC1.I. The van der Waals surface area contributed by atoms with Gasteiger partial charge in [-0.3, -0.25) is 14.8 Å². The Hall–Kier alpha value is -1.38. The molecule has 1 aromatic rings. The summed E-state index contributed by atoms with van der Waals surface area (Å²) in [5.41, 5.74) is 2.49. The molecular formula is C19H31IN4O2. The van der Waals surface area contributed by atoms with Gasteiger partial charge in [0.05, 0.1) is 12.5 Å². The number of aryl methyl sites for hydroxylation is 1. The van der Waals surface area contributed by atoms with E-state index in [4.69, 9.17) is 9.73 Å². The van der Waals surface area contributed by atoms with Crippen LogP contribution in [0.2, 0.25) is 0 Å². The number of pyridine rings is 1. The number of ether oxygens (including phenoxy) is 1. The zero-order valence-corrected chi connectivity index (χ0v) is 18.4. The minimum absolute atomic E-state index is 0. The molecule has 146 valence electrons. The normalized spacial score (nSPS) is 15.3. The number of piperidine rings is 1. The summed E-state index contributed by atoms with van der Waals surface area (Å²) in [6, 6.07) is 2.06. The number of nitrogens with zero attached hydrogens (tertiary/aromatic N) is 3. The van der Waals surface area contributed by atoms with Crippen LogP contribution in [0.3, 0.4) is 0 Å². The van der Waals surface area contributed by atoms with E-state index in [1.54, 1.807) is 0 Å². The van der Waals surface area contributed by atoms with Crippen molar-refractivity contribution >= 4 is 35.9 Å².